The summed E-state index contributed by atoms with van der Waals surface area (Å²) in [7, 11) is 3.53. The van der Waals surface area contributed by atoms with E-state index in [1.165, 1.54) is 51.9 Å². The molecule has 1 spiro atoms. The molecule has 2 fully saturated rings. The minimum Gasteiger partial charge on any atom is -0.465 e. The number of hydrogen-bond donors (Lipinski definition) is 0. The van der Waals surface area contributed by atoms with Crippen molar-refractivity contribution in [2.45, 2.75) is 44.7 Å². The number of ether oxygens (including phenoxy) is 1. The van der Waals surface area contributed by atoms with Crippen molar-refractivity contribution in [3.8, 4) is 0 Å². The predicted octanol–water partition coefficient (Wildman–Crippen LogP) is 2.84. The molecule has 2 heterocycles. The summed E-state index contributed by atoms with van der Waals surface area (Å²) < 4.78 is 19.4. The molecule has 1 aliphatic carbocycles. The smallest absolute Gasteiger partial charge is 0.337 e. The Morgan fingerprint density at radius 1 is 1.24 bits per heavy atom. The first-order chi connectivity index (χ1) is 12.0. The lowest BCUT2D eigenvalue weighted by Crippen LogP contribution is -2.59. The normalized spacial score (nSPS) is 26.1. The van der Waals surface area contributed by atoms with Crippen LogP contribution < -0.4 is 0 Å². The van der Waals surface area contributed by atoms with Gasteiger partial charge < -0.3 is 9.64 Å². The highest BCUT2D eigenvalue weighted by Crippen LogP contribution is 2.52. The maximum Gasteiger partial charge on any atom is 0.337 e. The van der Waals surface area contributed by atoms with Gasteiger partial charge in [0.1, 0.15) is 5.82 Å². The van der Waals surface area contributed by atoms with Crippen molar-refractivity contribution in [3.63, 3.8) is 0 Å². The molecule has 0 amide bonds. The van der Waals surface area contributed by atoms with E-state index < -0.39 is 5.97 Å². The van der Waals surface area contributed by atoms with Gasteiger partial charge in [-0.1, -0.05) is 0 Å². The van der Waals surface area contributed by atoms with Crippen molar-refractivity contribution in [1.82, 2.24) is 9.80 Å². The average Bonchev–Trinajstić information content (AvgIpc) is 2.61. The van der Waals surface area contributed by atoms with Gasteiger partial charge in [-0.25, -0.2) is 9.18 Å². The zero-order valence-corrected chi connectivity index (χ0v) is 15.2. The van der Waals surface area contributed by atoms with Gasteiger partial charge in [0, 0.05) is 24.7 Å². The zero-order chi connectivity index (χ0) is 17.6. The Morgan fingerprint density at radius 2 is 2.00 bits per heavy atom. The van der Waals surface area contributed by atoms with Crippen molar-refractivity contribution in [2.24, 2.45) is 5.41 Å². The molecule has 1 aromatic carbocycles. The molecule has 1 saturated heterocycles. The number of fused-ring (bicyclic) bond motifs is 1. The summed E-state index contributed by atoms with van der Waals surface area (Å²) in [5.41, 5.74) is 2.51. The Balaban J connectivity index is 1.53. The number of carbonyl (C=O) groups excluding carboxylic acids is 1. The molecule has 4 nitrogen and oxygen atoms in total. The van der Waals surface area contributed by atoms with Crippen molar-refractivity contribution < 1.29 is 13.9 Å². The summed E-state index contributed by atoms with van der Waals surface area (Å²) in [6, 6.07) is 3.74. The van der Waals surface area contributed by atoms with E-state index in [0.29, 0.717) is 23.6 Å². The third kappa shape index (κ3) is 2.87. The largest absolute Gasteiger partial charge is 0.465 e. The summed E-state index contributed by atoms with van der Waals surface area (Å²) in [6.07, 6.45) is 5.89. The molecule has 0 bridgehead atoms. The van der Waals surface area contributed by atoms with Crippen LogP contribution in [0.25, 0.3) is 0 Å². The molecule has 4 rings (SSSR count). The van der Waals surface area contributed by atoms with E-state index >= 15 is 0 Å². The molecule has 136 valence electrons. The first-order valence-corrected chi connectivity index (χ1v) is 9.35. The van der Waals surface area contributed by atoms with E-state index in [1.54, 1.807) is 0 Å². The van der Waals surface area contributed by atoms with E-state index in [0.717, 1.165) is 24.1 Å². The van der Waals surface area contributed by atoms with Gasteiger partial charge >= 0.3 is 5.97 Å². The summed E-state index contributed by atoms with van der Waals surface area (Å²) >= 11 is 0. The van der Waals surface area contributed by atoms with Crippen LogP contribution >= 0.6 is 0 Å². The molecule has 0 aromatic heterocycles. The van der Waals surface area contributed by atoms with Crippen molar-refractivity contribution in [3.05, 3.63) is 34.6 Å². The molecule has 25 heavy (non-hydrogen) atoms. The number of halogens is 1. The maximum absolute atomic E-state index is 14.6. The Bertz CT molecular complexity index is 683. The SMILES string of the molecule is COC(=O)c1cc(F)c2c(c1)CCN(C1CCC13CCN(C)CC3)C2. The van der Waals surface area contributed by atoms with E-state index in [2.05, 4.69) is 16.8 Å². The third-order valence-electron chi connectivity index (χ3n) is 6.78. The molecule has 0 N–H and O–H groups in total. The predicted molar refractivity (Wildman–Crippen MR) is 94.0 cm³/mol. The minimum atomic E-state index is -0.464. The highest BCUT2D eigenvalue weighted by molar-refractivity contribution is 5.89. The van der Waals surface area contributed by atoms with Gasteiger partial charge in [-0.15, -0.1) is 0 Å². The number of esters is 1. The van der Waals surface area contributed by atoms with Gasteiger partial charge in [0.2, 0.25) is 0 Å². The number of likely N-dealkylation sites (tertiary alicyclic amines) is 1. The Kier molecular flexibility index (Phi) is 4.32. The number of benzene rings is 1. The second-order valence-corrected chi connectivity index (χ2v) is 8.03. The molecule has 1 unspecified atom stereocenters. The molecule has 3 aliphatic rings. The van der Waals surface area contributed by atoms with Gasteiger partial charge in [-0.2, -0.15) is 0 Å². The van der Waals surface area contributed by atoms with E-state index in [-0.39, 0.29) is 5.82 Å². The van der Waals surface area contributed by atoms with Crippen LogP contribution in [0.1, 0.15) is 47.2 Å². The van der Waals surface area contributed by atoms with E-state index in [1.807, 2.05) is 6.07 Å². The monoisotopic (exact) mass is 346 g/mol. The number of carbonyl (C=O) groups is 1. The van der Waals surface area contributed by atoms with Gasteiger partial charge in [0.05, 0.1) is 12.7 Å². The minimum absolute atomic E-state index is 0.264. The molecule has 5 heteroatoms. The molecular formula is C20H27FN2O2. The average molecular weight is 346 g/mol. The van der Waals surface area contributed by atoms with Crippen LogP contribution in [0, 0.1) is 11.2 Å². The fourth-order valence-electron chi connectivity index (χ4n) is 5.04. The summed E-state index contributed by atoms with van der Waals surface area (Å²) in [6.45, 7) is 3.99. The highest BCUT2D eigenvalue weighted by atomic mass is 19.1. The van der Waals surface area contributed by atoms with Crippen LogP contribution in [0.15, 0.2) is 12.1 Å². The maximum atomic E-state index is 14.6. The number of methoxy groups -OCH3 is 1. The Labute approximate surface area is 148 Å². The molecule has 0 radical (unpaired) electrons. The molecule has 1 saturated carbocycles. The standard InChI is InChI=1S/C20H27FN2O2/c1-22-9-6-20(7-10-22)5-3-18(20)23-8-4-14-11-15(19(24)25-2)12-17(21)16(14)13-23/h11-12,18H,3-10,13H2,1-2H3. The Morgan fingerprint density at radius 3 is 2.64 bits per heavy atom. The fraction of sp³-hybridized carbons (Fsp3) is 0.650. The molecule has 1 atom stereocenters. The first kappa shape index (κ1) is 17.0. The van der Waals surface area contributed by atoms with Gasteiger partial charge in [-0.3, -0.25) is 4.90 Å². The van der Waals surface area contributed by atoms with Crippen LogP contribution in [-0.2, 0) is 17.7 Å². The first-order valence-electron chi connectivity index (χ1n) is 9.35. The van der Waals surface area contributed by atoms with Crippen molar-refractivity contribution in [2.75, 3.05) is 33.8 Å². The number of rotatable bonds is 2. The number of hydrogen-bond acceptors (Lipinski definition) is 4. The van der Waals surface area contributed by atoms with Crippen LogP contribution in [0.5, 0.6) is 0 Å². The lowest BCUT2D eigenvalue weighted by Gasteiger charge is -2.58. The van der Waals surface area contributed by atoms with E-state index in [4.69, 9.17) is 4.74 Å². The molecule has 1 aromatic rings. The van der Waals surface area contributed by atoms with Crippen LogP contribution in [0.4, 0.5) is 4.39 Å². The number of nitrogens with zero attached hydrogens (tertiary/aromatic N) is 2. The lowest BCUT2D eigenvalue weighted by atomic mass is 9.58. The van der Waals surface area contributed by atoms with Crippen LogP contribution in [0.3, 0.4) is 0 Å². The van der Waals surface area contributed by atoms with Crippen molar-refractivity contribution in [1.29, 1.82) is 0 Å². The van der Waals surface area contributed by atoms with Crippen molar-refractivity contribution >= 4 is 5.97 Å². The van der Waals surface area contributed by atoms with Gasteiger partial charge in [0.25, 0.3) is 0 Å². The van der Waals surface area contributed by atoms with Gasteiger partial charge in [0.15, 0.2) is 0 Å². The van der Waals surface area contributed by atoms with E-state index in [9.17, 15) is 9.18 Å². The quantitative estimate of drug-likeness (QED) is 0.771. The second-order valence-electron chi connectivity index (χ2n) is 8.03. The highest BCUT2D eigenvalue weighted by Gasteiger charge is 2.50. The van der Waals surface area contributed by atoms with Crippen LogP contribution in [0.2, 0.25) is 0 Å². The zero-order valence-electron chi connectivity index (χ0n) is 15.2. The number of piperidine rings is 1. The molecular weight excluding hydrogens is 319 g/mol. The summed E-state index contributed by atoms with van der Waals surface area (Å²) in [5, 5.41) is 0. The summed E-state index contributed by atoms with van der Waals surface area (Å²) in [4.78, 5) is 16.6. The third-order valence-corrected chi connectivity index (χ3v) is 6.78. The fourth-order valence-corrected chi connectivity index (χ4v) is 5.04. The Hall–Kier alpha value is -1.46. The molecule has 2 aliphatic heterocycles. The van der Waals surface area contributed by atoms with Gasteiger partial charge in [-0.05, 0) is 75.4 Å². The summed E-state index contributed by atoms with van der Waals surface area (Å²) in [5.74, 6) is -0.729. The second kappa shape index (κ2) is 6.36. The topological polar surface area (TPSA) is 32.8 Å². The van der Waals surface area contributed by atoms with Crippen LogP contribution in [-0.4, -0.2) is 55.6 Å². The lowest BCUT2D eigenvalue weighted by molar-refractivity contribution is -0.0705.